The smallest absolute Gasteiger partial charge is 0.248 e. The standard InChI is InChI=1S/C16H20N8O/c1-3-14(15(25)18-12-10-17-23(4-2)11-12)19-16-20-21-22-24(16)13-8-6-5-7-9-13/h5-11,14H,3-4H2,1-2H3,(H,18,25)(H,19,20,22)/t14-/m1/s1. The molecule has 2 N–H and O–H groups in total. The summed E-state index contributed by atoms with van der Waals surface area (Å²) in [5.74, 6) is 0.248. The molecule has 1 atom stereocenters. The molecule has 1 aromatic carbocycles. The van der Waals surface area contributed by atoms with Gasteiger partial charge in [0.15, 0.2) is 0 Å². The maximum absolute atomic E-state index is 12.5. The Morgan fingerprint density at radius 3 is 2.72 bits per heavy atom. The lowest BCUT2D eigenvalue weighted by Crippen LogP contribution is -2.35. The minimum atomic E-state index is -0.474. The molecule has 2 aromatic heterocycles. The molecule has 1 amide bonds. The summed E-state index contributed by atoms with van der Waals surface area (Å²) in [5, 5.41) is 21.8. The first-order valence-corrected chi connectivity index (χ1v) is 8.15. The van der Waals surface area contributed by atoms with Crippen LogP contribution in [0.1, 0.15) is 20.3 Å². The highest BCUT2D eigenvalue weighted by molar-refractivity contribution is 5.96. The molecule has 0 bridgehead atoms. The number of benzene rings is 1. The van der Waals surface area contributed by atoms with Crippen LogP contribution in [-0.2, 0) is 11.3 Å². The number of nitrogens with one attached hydrogen (secondary N) is 2. The van der Waals surface area contributed by atoms with E-state index in [2.05, 4.69) is 31.3 Å². The Balaban J connectivity index is 1.72. The zero-order valence-electron chi connectivity index (χ0n) is 14.1. The topological polar surface area (TPSA) is 103 Å². The first-order valence-electron chi connectivity index (χ1n) is 8.15. The third-order valence-corrected chi connectivity index (χ3v) is 3.72. The maximum atomic E-state index is 12.5. The normalized spacial score (nSPS) is 11.9. The molecule has 130 valence electrons. The van der Waals surface area contributed by atoms with Crippen molar-refractivity contribution in [3.8, 4) is 5.69 Å². The van der Waals surface area contributed by atoms with E-state index in [1.165, 1.54) is 0 Å². The number of tetrazole rings is 1. The van der Waals surface area contributed by atoms with Crippen molar-refractivity contribution in [3.63, 3.8) is 0 Å². The maximum Gasteiger partial charge on any atom is 0.248 e. The lowest BCUT2D eigenvalue weighted by molar-refractivity contribution is -0.117. The number of hydrogen-bond donors (Lipinski definition) is 2. The SMILES string of the molecule is CC[C@@H](Nc1nnnn1-c1ccccc1)C(=O)Nc1cnn(CC)c1. The molecule has 0 saturated heterocycles. The molecule has 3 rings (SSSR count). The predicted molar refractivity (Wildman–Crippen MR) is 93.4 cm³/mol. The fourth-order valence-corrected chi connectivity index (χ4v) is 2.36. The fourth-order valence-electron chi connectivity index (χ4n) is 2.36. The van der Waals surface area contributed by atoms with Gasteiger partial charge in [-0.25, -0.2) is 0 Å². The van der Waals surface area contributed by atoms with Crippen molar-refractivity contribution < 1.29 is 4.79 Å². The third-order valence-electron chi connectivity index (χ3n) is 3.72. The molecule has 0 aliphatic heterocycles. The van der Waals surface area contributed by atoms with Crippen LogP contribution in [0.3, 0.4) is 0 Å². The van der Waals surface area contributed by atoms with Gasteiger partial charge in [0.1, 0.15) is 6.04 Å². The van der Waals surface area contributed by atoms with Gasteiger partial charge in [-0.3, -0.25) is 9.48 Å². The van der Waals surface area contributed by atoms with Crippen LogP contribution >= 0.6 is 0 Å². The number of hydrogen-bond acceptors (Lipinski definition) is 6. The van der Waals surface area contributed by atoms with E-state index in [0.29, 0.717) is 18.1 Å². The summed E-state index contributed by atoms with van der Waals surface area (Å²) in [7, 11) is 0. The number of carbonyl (C=O) groups is 1. The highest BCUT2D eigenvalue weighted by atomic mass is 16.2. The molecule has 9 nitrogen and oxygen atoms in total. The van der Waals surface area contributed by atoms with Gasteiger partial charge in [0.2, 0.25) is 11.9 Å². The first-order chi connectivity index (χ1) is 12.2. The second-order valence-corrected chi connectivity index (χ2v) is 5.43. The van der Waals surface area contributed by atoms with Gasteiger partial charge in [-0.1, -0.05) is 30.2 Å². The predicted octanol–water partition coefficient (Wildman–Crippen LogP) is 1.71. The zero-order valence-corrected chi connectivity index (χ0v) is 14.1. The summed E-state index contributed by atoms with van der Waals surface area (Å²) < 4.78 is 3.31. The van der Waals surface area contributed by atoms with E-state index < -0.39 is 6.04 Å². The van der Waals surface area contributed by atoms with E-state index in [1.54, 1.807) is 21.8 Å². The molecule has 3 aromatic rings. The highest BCUT2D eigenvalue weighted by Crippen LogP contribution is 2.13. The molecular weight excluding hydrogens is 320 g/mol. The fraction of sp³-hybridized carbons (Fsp3) is 0.312. The van der Waals surface area contributed by atoms with E-state index in [4.69, 9.17) is 0 Å². The number of rotatable bonds is 7. The van der Waals surface area contributed by atoms with Crippen LogP contribution in [0.15, 0.2) is 42.7 Å². The van der Waals surface area contributed by atoms with Crippen molar-refractivity contribution in [3.05, 3.63) is 42.7 Å². The van der Waals surface area contributed by atoms with Gasteiger partial charge < -0.3 is 10.6 Å². The van der Waals surface area contributed by atoms with Crippen LogP contribution in [0.4, 0.5) is 11.6 Å². The van der Waals surface area contributed by atoms with Crippen molar-refractivity contribution >= 4 is 17.5 Å². The molecule has 0 aliphatic carbocycles. The number of aryl methyl sites for hydroxylation is 1. The zero-order chi connectivity index (χ0) is 17.6. The Kier molecular flexibility index (Phi) is 5.03. The lowest BCUT2D eigenvalue weighted by Gasteiger charge is -2.16. The van der Waals surface area contributed by atoms with Gasteiger partial charge in [-0.15, -0.1) is 0 Å². The lowest BCUT2D eigenvalue weighted by atomic mass is 10.2. The summed E-state index contributed by atoms with van der Waals surface area (Å²) in [6.07, 6.45) is 4.00. The Morgan fingerprint density at radius 2 is 2.04 bits per heavy atom. The Labute approximate surface area is 145 Å². The van der Waals surface area contributed by atoms with Gasteiger partial charge in [0, 0.05) is 12.7 Å². The van der Waals surface area contributed by atoms with Crippen LogP contribution in [0.5, 0.6) is 0 Å². The molecule has 25 heavy (non-hydrogen) atoms. The summed E-state index contributed by atoms with van der Waals surface area (Å²) >= 11 is 0. The van der Waals surface area contributed by atoms with E-state index in [-0.39, 0.29) is 5.91 Å². The van der Waals surface area contributed by atoms with E-state index in [1.807, 2.05) is 44.2 Å². The van der Waals surface area contributed by atoms with Crippen molar-refractivity contribution in [2.75, 3.05) is 10.6 Å². The number of nitrogens with zero attached hydrogens (tertiary/aromatic N) is 6. The molecule has 9 heteroatoms. The monoisotopic (exact) mass is 340 g/mol. The molecule has 0 spiro atoms. The van der Waals surface area contributed by atoms with Gasteiger partial charge in [0.05, 0.1) is 17.6 Å². The van der Waals surface area contributed by atoms with Gasteiger partial charge in [-0.2, -0.15) is 9.78 Å². The Bertz CT molecular complexity index is 826. The van der Waals surface area contributed by atoms with Crippen LogP contribution < -0.4 is 10.6 Å². The van der Waals surface area contributed by atoms with Crippen LogP contribution in [0, 0.1) is 0 Å². The number of amides is 1. The molecule has 0 aliphatic rings. The number of carbonyl (C=O) groups excluding carboxylic acids is 1. The molecule has 0 saturated carbocycles. The molecule has 0 radical (unpaired) electrons. The van der Waals surface area contributed by atoms with Crippen molar-refractivity contribution in [2.24, 2.45) is 0 Å². The molecule has 0 fully saturated rings. The highest BCUT2D eigenvalue weighted by Gasteiger charge is 2.20. The van der Waals surface area contributed by atoms with Gasteiger partial charge >= 0.3 is 0 Å². The summed E-state index contributed by atoms with van der Waals surface area (Å²) in [5.41, 5.74) is 1.48. The summed E-state index contributed by atoms with van der Waals surface area (Å²) in [6.45, 7) is 4.65. The van der Waals surface area contributed by atoms with E-state index in [9.17, 15) is 4.79 Å². The van der Waals surface area contributed by atoms with Crippen LogP contribution in [0.25, 0.3) is 5.69 Å². The summed E-state index contributed by atoms with van der Waals surface area (Å²) in [6, 6.07) is 9.02. The summed E-state index contributed by atoms with van der Waals surface area (Å²) in [4.78, 5) is 12.5. The first kappa shape index (κ1) is 16.6. The number of para-hydroxylation sites is 1. The second-order valence-electron chi connectivity index (χ2n) is 5.43. The van der Waals surface area contributed by atoms with Crippen molar-refractivity contribution in [1.29, 1.82) is 0 Å². The number of anilines is 2. The Morgan fingerprint density at radius 1 is 1.24 bits per heavy atom. The minimum Gasteiger partial charge on any atom is -0.341 e. The second kappa shape index (κ2) is 7.56. The van der Waals surface area contributed by atoms with E-state index in [0.717, 1.165) is 12.2 Å². The minimum absolute atomic E-state index is 0.166. The quantitative estimate of drug-likeness (QED) is 0.679. The average Bonchev–Trinajstić information content (AvgIpc) is 3.29. The molecule has 0 unspecified atom stereocenters. The van der Waals surface area contributed by atoms with Crippen molar-refractivity contribution in [2.45, 2.75) is 32.9 Å². The van der Waals surface area contributed by atoms with Crippen molar-refractivity contribution in [1.82, 2.24) is 30.0 Å². The van der Waals surface area contributed by atoms with Crippen LogP contribution in [-0.4, -0.2) is 41.9 Å². The van der Waals surface area contributed by atoms with Crippen LogP contribution in [0.2, 0.25) is 0 Å². The van der Waals surface area contributed by atoms with Gasteiger partial charge in [0.25, 0.3) is 0 Å². The third kappa shape index (κ3) is 3.82. The molecule has 2 heterocycles. The molecular formula is C16H20N8O. The largest absolute Gasteiger partial charge is 0.341 e. The number of aromatic nitrogens is 6. The Hall–Kier alpha value is -3.23. The van der Waals surface area contributed by atoms with E-state index >= 15 is 0 Å². The van der Waals surface area contributed by atoms with Gasteiger partial charge in [-0.05, 0) is 35.9 Å². The average molecular weight is 340 g/mol.